The molecule has 0 saturated heterocycles. The molecule has 116 valence electrons. The first-order valence-electron chi connectivity index (χ1n) is 6.32. The summed E-state index contributed by atoms with van der Waals surface area (Å²) in [6.07, 6.45) is 0.990. The van der Waals surface area contributed by atoms with E-state index in [-0.39, 0.29) is 24.0 Å². The van der Waals surface area contributed by atoms with E-state index in [1.165, 1.54) is 14.1 Å². The highest BCUT2D eigenvalue weighted by Gasteiger charge is 2.52. The molecule has 0 spiro atoms. The number of sulfonamides is 1. The lowest BCUT2D eigenvalue weighted by Crippen LogP contribution is -2.57. The van der Waals surface area contributed by atoms with Gasteiger partial charge in [-0.2, -0.15) is 0 Å². The molecule has 0 heterocycles. The van der Waals surface area contributed by atoms with Crippen LogP contribution in [-0.4, -0.2) is 56.1 Å². The van der Waals surface area contributed by atoms with Crippen molar-refractivity contribution in [3.05, 3.63) is 0 Å². The molecule has 8 nitrogen and oxygen atoms in total. The Morgan fingerprint density at radius 3 is 2.45 bits per heavy atom. The highest BCUT2D eigenvalue weighted by molar-refractivity contribution is 7.89. The molecule has 1 saturated carbocycles. The van der Waals surface area contributed by atoms with Gasteiger partial charge in [-0.3, -0.25) is 4.79 Å². The van der Waals surface area contributed by atoms with Crippen LogP contribution in [0.15, 0.2) is 5.16 Å². The molecule has 20 heavy (non-hydrogen) atoms. The Morgan fingerprint density at radius 1 is 1.50 bits per heavy atom. The molecular formula is C11H22N4O4S. The molecule has 0 aromatic heterocycles. The summed E-state index contributed by atoms with van der Waals surface area (Å²) >= 11 is 0. The van der Waals surface area contributed by atoms with Gasteiger partial charge in [-0.15, -0.1) is 0 Å². The average molecular weight is 306 g/mol. The van der Waals surface area contributed by atoms with Crippen molar-refractivity contribution in [2.45, 2.75) is 19.8 Å². The quantitative estimate of drug-likeness (QED) is 0.255. The molecule has 1 aliphatic carbocycles. The van der Waals surface area contributed by atoms with Crippen LogP contribution < -0.4 is 11.1 Å². The molecule has 0 aromatic carbocycles. The van der Waals surface area contributed by atoms with E-state index in [2.05, 4.69) is 10.5 Å². The fourth-order valence-corrected chi connectivity index (χ4v) is 3.11. The Morgan fingerprint density at radius 2 is 2.05 bits per heavy atom. The summed E-state index contributed by atoms with van der Waals surface area (Å²) in [5.74, 6) is -0.386. The van der Waals surface area contributed by atoms with Gasteiger partial charge in [-0.1, -0.05) is 12.1 Å². The molecule has 1 aliphatic rings. The van der Waals surface area contributed by atoms with Crippen LogP contribution in [0.2, 0.25) is 0 Å². The maximum absolute atomic E-state index is 12.2. The Balaban J connectivity index is 2.62. The van der Waals surface area contributed by atoms with Gasteiger partial charge in [0.2, 0.25) is 15.9 Å². The van der Waals surface area contributed by atoms with Gasteiger partial charge in [-0.05, 0) is 18.8 Å². The fourth-order valence-electron chi connectivity index (χ4n) is 2.38. The summed E-state index contributed by atoms with van der Waals surface area (Å²) in [6.45, 7) is 1.96. The Hall–Kier alpha value is -1.35. The number of carbonyl (C=O) groups excluding carboxylic acids is 1. The molecule has 1 rings (SSSR count). The van der Waals surface area contributed by atoms with Gasteiger partial charge < -0.3 is 16.3 Å². The number of hydrogen-bond acceptors (Lipinski definition) is 5. The van der Waals surface area contributed by atoms with Gasteiger partial charge in [0, 0.05) is 20.6 Å². The second-order valence-corrected chi connectivity index (χ2v) is 7.74. The SMILES string of the molecule is CC1CC(C(=O)NCCS(=O)(=O)N(C)C)(C(N)=NO)C1. The first kappa shape index (κ1) is 16.7. The van der Waals surface area contributed by atoms with Crippen LogP contribution in [-0.2, 0) is 14.8 Å². The van der Waals surface area contributed by atoms with Crippen molar-refractivity contribution < 1.29 is 18.4 Å². The summed E-state index contributed by atoms with van der Waals surface area (Å²) in [7, 11) is -0.491. The first-order chi connectivity index (χ1) is 9.15. The number of amides is 1. The zero-order valence-corrected chi connectivity index (χ0v) is 12.8. The third-order valence-electron chi connectivity index (χ3n) is 3.63. The number of nitrogens with one attached hydrogen (secondary N) is 1. The second-order valence-electron chi connectivity index (χ2n) is 5.44. The zero-order valence-electron chi connectivity index (χ0n) is 12.0. The molecule has 0 bridgehead atoms. The van der Waals surface area contributed by atoms with Crippen LogP contribution >= 0.6 is 0 Å². The molecule has 9 heteroatoms. The minimum Gasteiger partial charge on any atom is -0.409 e. The highest BCUT2D eigenvalue weighted by Crippen LogP contribution is 2.45. The molecule has 1 fully saturated rings. The Kier molecular flexibility index (Phi) is 4.98. The summed E-state index contributed by atoms with van der Waals surface area (Å²) in [4.78, 5) is 12.2. The van der Waals surface area contributed by atoms with E-state index in [1.54, 1.807) is 0 Å². The van der Waals surface area contributed by atoms with Gasteiger partial charge in [0.25, 0.3) is 0 Å². The van der Waals surface area contributed by atoms with Gasteiger partial charge in [-0.25, -0.2) is 12.7 Å². The van der Waals surface area contributed by atoms with E-state index in [0.29, 0.717) is 18.8 Å². The van der Waals surface area contributed by atoms with Gasteiger partial charge in [0.05, 0.1) is 5.75 Å². The number of nitrogens with zero attached hydrogens (tertiary/aromatic N) is 2. The van der Waals surface area contributed by atoms with Crippen molar-refractivity contribution in [2.24, 2.45) is 22.2 Å². The maximum Gasteiger partial charge on any atom is 0.234 e. The van der Waals surface area contributed by atoms with Crippen LogP contribution in [0.5, 0.6) is 0 Å². The second kappa shape index (κ2) is 5.96. The van der Waals surface area contributed by atoms with Crippen molar-refractivity contribution in [2.75, 3.05) is 26.4 Å². The number of oxime groups is 1. The van der Waals surface area contributed by atoms with E-state index in [4.69, 9.17) is 10.9 Å². The van der Waals surface area contributed by atoms with Crippen LogP contribution in [0.4, 0.5) is 0 Å². The summed E-state index contributed by atoms with van der Waals surface area (Å²) < 4.78 is 24.2. The standard InChI is InChI=1S/C11H22N4O4S/c1-8-6-11(7-8,9(12)14-17)10(16)13-4-5-20(18,19)15(2)3/h8,17H,4-7H2,1-3H3,(H2,12,14)(H,13,16). The molecule has 0 aliphatic heterocycles. The van der Waals surface area contributed by atoms with Gasteiger partial charge >= 0.3 is 0 Å². The molecule has 0 unspecified atom stereocenters. The predicted molar refractivity (Wildman–Crippen MR) is 74.7 cm³/mol. The molecule has 0 aromatic rings. The third kappa shape index (κ3) is 3.21. The first-order valence-corrected chi connectivity index (χ1v) is 7.93. The molecule has 0 atom stereocenters. The molecule has 0 radical (unpaired) electrons. The van der Waals surface area contributed by atoms with E-state index in [9.17, 15) is 13.2 Å². The van der Waals surface area contributed by atoms with Crippen LogP contribution in [0.25, 0.3) is 0 Å². The van der Waals surface area contributed by atoms with Crippen molar-refractivity contribution >= 4 is 21.8 Å². The van der Waals surface area contributed by atoms with Gasteiger partial charge in [0.1, 0.15) is 5.41 Å². The summed E-state index contributed by atoms with van der Waals surface area (Å²) in [5, 5.41) is 14.3. The lowest BCUT2D eigenvalue weighted by Gasteiger charge is -2.43. The fraction of sp³-hybridized carbons (Fsp3) is 0.818. The van der Waals surface area contributed by atoms with Crippen LogP contribution in [0.1, 0.15) is 19.8 Å². The van der Waals surface area contributed by atoms with Crippen molar-refractivity contribution in [3.8, 4) is 0 Å². The molecule has 4 N–H and O–H groups in total. The minimum absolute atomic E-state index is 0.00577. The van der Waals surface area contributed by atoms with E-state index in [0.717, 1.165) is 4.31 Å². The molecule has 1 amide bonds. The minimum atomic E-state index is -3.36. The van der Waals surface area contributed by atoms with Crippen molar-refractivity contribution in [3.63, 3.8) is 0 Å². The Labute approximate surface area is 119 Å². The smallest absolute Gasteiger partial charge is 0.234 e. The number of carbonyl (C=O) groups is 1. The van der Waals surface area contributed by atoms with E-state index in [1.807, 2.05) is 6.92 Å². The summed E-state index contributed by atoms with van der Waals surface area (Å²) in [6, 6.07) is 0. The zero-order chi connectivity index (χ0) is 15.6. The van der Waals surface area contributed by atoms with Gasteiger partial charge in [0.15, 0.2) is 5.84 Å². The number of amidine groups is 1. The van der Waals surface area contributed by atoms with Crippen molar-refractivity contribution in [1.29, 1.82) is 0 Å². The lowest BCUT2D eigenvalue weighted by atomic mass is 9.61. The summed E-state index contributed by atoms with van der Waals surface area (Å²) in [5.41, 5.74) is 4.59. The topological polar surface area (TPSA) is 125 Å². The lowest BCUT2D eigenvalue weighted by molar-refractivity contribution is -0.133. The Bertz CT molecular complexity index is 495. The average Bonchev–Trinajstić information content (AvgIpc) is 2.33. The maximum atomic E-state index is 12.2. The molecular weight excluding hydrogens is 284 g/mol. The third-order valence-corrected chi connectivity index (χ3v) is 5.46. The van der Waals surface area contributed by atoms with Crippen LogP contribution in [0, 0.1) is 11.3 Å². The number of rotatable bonds is 6. The highest BCUT2D eigenvalue weighted by atomic mass is 32.2. The predicted octanol–water partition coefficient (Wildman–Crippen LogP) is -0.843. The van der Waals surface area contributed by atoms with Crippen molar-refractivity contribution in [1.82, 2.24) is 9.62 Å². The normalized spacial score (nSPS) is 27.2. The monoisotopic (exact) mass is 306 g/mol. The van der Waals surface area contributed by atoms with E-state index >= 15 is 0 Å². The number of hydrogen-bond donors (Lipinski definition) is 3. The van der Waals surface area contributed by atoms with Crippen LogP contribution in [0.3, 0.4) is 0 Å². The van der Waals surface area contributed by atoms with E-state index < -0.39 is 15.4 Å². The largest absolute Gasteiger partial charge is 0.409 e. The number of nitrogens with two attached hydrogens (primary N) is 1.